The average molecular weight is 223 g/mol. The number of carbonyl (C=O) groups excluding carboxylic acids is 1. The van der Waals surface area contributed by atoms with E-state index in [1.807, 2.05) is 13.0 Å². The molecule has 3 heteroatoms. The average Bonchev–Trinajstić information content (AvgIpc) is 2.20. The summed E-state index contributed by atoms with van der Waals surface area (Å²) in [6.07, 6.45) is 0. The summed E-state index contributed by atoms with van der Waals surface area (Å²) in [5.74, 6) is 4.60. The molecule has 1 aromatic carbocycles. The molecule has 78 valence electrons. The van der Waals surface area contributed by atoms with Crippen LogP contribution in [0.1, 0.15) is 18.1 Å². The molecular weight excluding hydrogens is 212 g/mol. The van der Waals surface area contributed by atoms with Gasteiger partial charge in [-0.3, -0.25) is 0 Å². The maximum absolute atomic E-state index is 10.9. The van der Waals surface area contributed by atoms with Gasteiger partial charge in [-0.2, -0.15) is 0 Å². The minimum atomic E-state index is -0.509. The van der Waals surface area contributed by atoms with Gasteiger partial charge in [-0.1, -0.05) is 17.5 Å². The van der Waals surface area contributed by atoms with Crippen LogP contribution >= 0.6 is 11.6 Å². The molecule has 0 heterocycles. The highest BCUT2D eigenvalue weighted by Gasteiger charge is 1.96. The van der Waals surface area contributed by atoms with Crippen molar-refractivity contribution in [2.75, 3.05) is 6.61 Å². The summed E-state index contributed by atoms with van der Waals surface area (Å²) in [5, 5.41) is 0.691. The van der Waals surface area contributed by atoms with Crippen molar-refractivity contribution in [3.63, 3.8) is 0 Å². The number of rotatable bonds is 1. The number of hydrogen-bond donors (Lipinski definition) is 0. The third-order valence-corrected chi connectivity index (χ3v) is 2.17. The molecule has 0 aliphatic heterocycles. The lowest BCUT2D eigenvalue weighted by Gasteiger charge is -1.96. The third kappa shape index (κ3) is 3.65. The first-order chi connectivity index (χ1) is 7.13. The largest absolute Gasteiger partial charge is 0.456 e. The Morgan fingerprint density at radius 1 is 1.53 bits per heavy atom. The van der Waals surface area contributed by atoms with Crippen LogP contribution < -0.4 is 0 Å². The van der Waals surface area contributed by atoms with Crippen molar-refractivity contribution < 1.29 is 9.53 Å². The van der Waals surface area contributed by atoms with E-state index in [1.165, 1.54) is 0 Å². The molecule has 0 N–H and O–H groups in total. The summed E-state index contributed by atoms with van der Waals surface area (Å²) in [6.45, 7) is 3.97. The van der Waals surface area contributed by atoms with Crippen molar-refractivity contribution in [3.05, 3.63) is 34.3 Å². The van der Waals surface area contributed by atoms with Gasteiger partial charge in [0.2, 0.25) is 0 Å². The number of hydrogen-bond acceptors (Lipinski definition) is 2. The van der Waals surface area contributed by atoms with Gasteiger partial charge < -0.3 is 4.74 Å². The summed E-state index contributed by atoms with van der Waals surface area (Å²) in [4.78, 5) is 10.9. The Bertz CT molecular complexity index is 427. The number of benzene rings is 1. The van der Waals surface area contributed by atoms with Crippen LogP contribution in [0, 0.1) is 18.8 Å². The molecular formula is C12H11ClO2. The molecule has 0 saturated carbocycles. The highest BCUT2D eigenvalue weighted by atomic mass is 35.5. The molecule has 1 rings (SSSR count). The molecule has 0 aliphatic carbocycles. The second kappa shape index (κ2) is 5.43. The predicted octanol–water partition coefficient (Wildman–Crippen LogP) is 2.56. The highest BCUT2D eigenvalue weighted by Crippen LogP contribution is 2.15. The number of esters is 1. The lowest BCUT2D eigenvalue weighted by atomic mass is 10.1. The first-order valence-electron chi connectivity index (χ1n) is 4.58. The van der Waals surface area contributed by atoms with E-state index in [0.29, 0.717) is 11.6 Å². The molecule has 0 bridgehead atoms. The Labute approximate surface area is 94.2 Å². The molecule has 0 radical (unpaired) electrons. The minimum Gasteiger partial charge on any atom is -0.456 e. The first kappa shape index (κ1) is 11.6. The van der Waals surface area contributed by atoms with Gasteiger partial charge in [0.25, 0.3) is 0 Å². The van der Waals surface area contributed by atoms with Crippen molar-refractivity contribution >= 4 is 17.6 Å². The Morgan fingerprint density at radius 2 is 2.27 bits per heavy atom. The fourth-order valence-corrected chi connectivity index (χ4v) is 1.13. The van der Waals surface area contributed by atoms with Crippen LogP contribution in [0.4, 0.5) is 0 Å². The van der Waals surface area contributed by atoms with Gasteiger partial charge in [-0.05, 0) is 37.6 Å². The van der Waals surface area contributed by atoms with Crippen LogP contribution in [-0.2, 0) is 9.53 Å². The van der Waals surface area contributed by atoms with Crippen LogP contribution in [0.25, 0.3) is 0 Å². The standard InChI is InChI=1S/C12H11ClO2/c1-3-15-12(14)7-5-10-4-6-11(13)9(2)8-10/h4,6,8H,3H2,1-2H3. The number of halogens is 1. The molecule has 0 fully saturated rings. The second-order valence-electron chi connectivity index (χ2n) is 2.93. The number of aryl methyl sites for hydroxylation is 1. The van der Waals surface area contributed by atoms with Crippen LogP contribution in [0.2, 0.25) is 5.02 Å². The van der Waals surface area contributed by atoms with Crippen molar-refractivity contribution in [3.8, 4) is 11.8 Å². The fraction of sp³-hybridized carbons (Fsp3) is 0.250. The van der Waals surface area contributed by atoms with Gasteiger partial charge in [0, 0.05) is 16.5 Å². The van der Waals surface area contributed by atoms with Crippen LogP contribution in [0.15, 0.2) is 18.2 Å². The molecule has 0 unspecified atom stereocenters. The Balaban J connectivity index is 2.80. The van der Waals surface area contributed by atoms with Crippen LogP contribution in [0.5, 0.6) is 0 Å². The molecule has 0 aromatic heterocycles. The topological polar surface area (TPSA) is 26.3 Å². The molecule has 1 aromatic rings. The van der Waals surface area contributed by atoms with Crippen LogP contribution in [0.3, 0.4) is 0 Å². The molecule has 0 aliphatic rings. The summed E-state index contributed by atoms with van der Waals surface area (Å²) in [6, 6.07) is 5.35. The summed E-state index contributed by atoms with van der Waals surface area (Å²) in [7, 11) is 0. The fourth-order valence-electron chi connectivity index (χ4n) is 1.01. The zero-order chi connectivity index (χ0) is 11.3. The normalized spacial score (nSPS) is 9.00. The van der Waals surface area contributed by atoms with Crippen molar-refractivity contribution in [1.29, 1.82) is 0 Å². The Hall–Kier alpha value is -1.46. The number of ether oxygens (including phenoxy) is 1. The van der Waals surface area contributed by atoms with Crippen LogP contribution in [-0.4, -0.2) is 12.6 Å². The molecule has 15 heavy (non-hydrogen) atoms. The maximum Gasteiger partial charge on any atom is 0.384 e. The third-order valence-electron chi connectivity index (χ3n) is 1.74. The van der Waals surface area contributed by atoms with Gasteiger partial charge in [0.05, 0.1) is 6.61 Å². The SMILES string of the molecule is CCOC(=O)C#Cc1ccc(Cl)c(C)c1. The Morgan fingerprint density at radius 3 is 2.87 bits per heavy atom. The molecule has 0 amide bonds. The van der Waals surface area contributed by atoms with E-state index in [-0.39, 0.29) is 0 Å². The van der Waals surface area contributed by atoms with E-state index >= 15 is 0 Å². The minimum absolute atomic E-state index is 0.340. The summed E-state index contributed by atoms with van der Waals surface area (Å²) >= 11 is 5.85. The van der Waals surface area contributed by atoms with Gasteiger partial charge in [0.15, 0.2) is 0 Å². The summed E-state index contributed by atoms with van der Waals surface area (Å²) in [5.41, 5.74) is 1.69. The molecule has 0 spiro atoms. The molecule has 0 atom stereocenters. The van der Waals surface area contributed by atoms with E-state index in [2.05, 4.69) is 16.6 Å². The predicted molar refractivity (Wildman–Crippen MR) is 59.7 cm³/mol. The van der Waals surface area contributed by atoms with Crippen molar-refractivity contribution in [1.82, 2.24) is 0 Å². The monoisotopic (exact) mass is 222 g/mol. The van der Waals surface area contributed by atoms with E-state index in [9.17, 15) is 4.79 Å². The van der Waals surface area contributed by atoms with Gasteiger partial charge in [-0.15, -0.1) is 0 Å². The molecule has 0 saturated heterocycles. The smallest absolute Gasteiger partial charge is 0.384 e. The van der Waals surface area contributed by atoms with Gasteiger partial charge in [0.1, 0.15) is 0 Å². The zero-order valence-electron chi connectivity index (χ0n) is 8.63. The second-order valence-corrected chi connectivity index (χ2v) is 3.34. The van der Waals surface area contributed by atoms with Gasteiger partial charge in [-0.25, -0.2) is 4.79 Å². The lowest BCUT2D eigenvalue weighted by Crippen LogP contribution is -1.99. The van der Waals surface area contributed by atoms with Gasteiger partial charge >= 0.3 is 5.97 Å². The van der Waals surface area contributed by atoms with E-state index in [4.69, 9.17) is 11.6 Å². The van der Waals surface area contributed by atoms with Crippen molar-refractivity contribution in [2.24, 2.45) is 0 Å². The lowest BCUT2D eigenvalue weighted by molar-refractivity contribution is -0.136. The molecule has 2 nitrogen and oxygen atoms in total. The van der Waals surface area contributed by atoms with E-state index in [0.717, 1.165) is 11.1 Å². The summed E-state index contributed by atoms with van der Waals surface area (Å²) < 4.78 is 4.68. The Kier molecular flexibility index (Phi) is 4.20. The van der Waals surface area contributed by atoms with Crippen molar-refractivity contribution in [2.45, 2.75) is 13.8 Å². The highest BCUT2D eigenvalue weighted by molar-refractivity contribution is 6.31. The zero-order valence-corrected chi connectivity index (χ0v) is 9.39. The van der Waals surface area contributed by atoms with E-state index in [1.54, 1.807) is 19.1 Å². The maximum atomic E-state index is 10.9. The number of carbonyl (C=O) groups is 1. The van der Waals surface area contributed by atoms with E-state index < -0.39 is 5.97 Å². The first-order valence-corrected chi connectivity index (χ1v) is 4.96. The quantitative estimate of drug-likeness (QED) is 0.539.